The molecule has 0 radical (unpaired) electrons. The van der Waals surface area contributed by atoms with Crippen LogP contribution in [0.2, 0.25) is 0 Å². The molecule has 8 nitrogen and oxygen atoms in total. The van der Waals surface area contributed by atoms with Gasteiger partial charge >= 0.3 is 0 Å². The lowest BCUT2D eigenvalue weighted by molar-refractivity contribution is -0.384. The maximum Gasteiger partial charge on any atom is 0.269 e. The number of anilines is 1. The van der Waals surface area contributed by atoms with E-state index in [0.717, 1.165) is 11.3 Å². The number of benzene rings is 2. The summed E-state index contributed by atoms with van der Waals surface area (Å²) in [6.45, 7) is 6.43. The van der Waals surface area contributed by atoms with Crippen molar-refractivity contribution >= 4 is 23.4 Å². The first kappa shape index (κ1) is 22.1. The molecule has 1 saturated heterocycles. The molecule has 0 bridgehead atoms. The molecular weight excluding hydrogens is 398 g/mol. The van der Waals surface area contributed by atoms with Crippen LogP contribution in [0, 0.1) is 10.1 Å². The van der Waals surface area contributed by atoms with Gasteiger partial charge in [0, 0.05) is 50.1 Å². The van der Waals surface area contributed by atoms with Crippen LogP contribution in [0.4, 0.5) is 11.4 Å². The van der Waals surface area contributed by atoms with Crippen molar-refractivity contribution in [3.05, 3.63) is 64.2 Å². The highest BCUT2D eigenvalue weighted by molar-refractivity contribution is 5.92. The Labute approximate surface area is 181 Å². The van der Waals surface area contributed by atoms with Gasteiger partial charge in [0.25, 0.3) is 5.69 Å². The topological polar surface area (TPSA) is 85.2 Å². The molecule has 31 heavy (non-hydrogen) atoms. The molecule has 0 aromatic heterocycles. The molecule has 0 atom stereocenters. The molecule has 2 aromatic rings. The second kappa shape index (κ2) is 9.97. The number of amides is 1. The van der Waals surface area contributed by atoms with E-state index in [9.17, 15) is 14.9 Å². The normalized spacial score (nSPS) is 14.2. The van der Waals surface area contributed by atoms with Crippen molar-refractivity contribution < 1.29 is 19.2 Å². The Balaban J connectivity index is 1.57. The molecule has 1 heterocycles. The van der Waals surface area contributed by atoms with E-state index in [1.54, 1.807) is 36.3 Å². The number of carbonyl (C=O) groups is 1. The van der Waals surface area contributed by atoms with Gasteiger partial charge in [-0.2, -0.15) is 0 Å². The molecule has 0 N–H and O–H groups in total. The molecule has 164 valence electrons. The van der Waals surface area contributed by atoms with Gasteiger partial charge < -0.3 is 19.3 Å². The van der Waals surface area contributed by atoms with E-state index >= 15 is 0 Å². The summed E-state index contributed by atoms with van der Waals surface area (Å²) in [6, 6.07) is 12.1. The van der Waals surface area contributed by atoms with Gasteiger partial charge in [-0.05, 0) is 49.8 Å². The van der Waals surface area contributed by atoms with Crippen molar-refractivity contribution in [2.45, 2.75) is 20.0 Å². The van der Waals surface area contributed by atoms with Gasteiger partial charge in [0.1, 0.15) is 0 Å². The molecule has 8 heteroatoms. The van der Waals surface area contributed by atoms with Crippen molar-refractivity contribution in [2.24, 2.45) is 0 Å². The lowest BCUT2D eigenvalue weighted by Crippen LogP contribution is -2.48. The van der Waals surface area contributed by atoms with Gasteiger partial charge in [-0.15, -0.1) is 0 Å². The van der Waals surface area contributed by atoms with Crippen LogP contribution in [0.3, 0.4) is 0 Å². The van der Waals surface area contributed by atoms with Gasteiger partial charge in [0.05, 0.1) is 18.1 Å². The fourth-order valence-corrected chi connectivity index (χ4v) is 3.38. The monoisotopic (exact) mass is 425 g/mol. The largest absolute Gasteiger partial charge is 0.493 e. The summed E-state index contributed by atoms with van der Waals surface area (Å²) in [4.78, 5) is 26.9. The van der Waals surface area contributed by atoms with Crippen molar-refractivity contribution in [2.75, 3.05) is 38.2 Å². The Hall–Kier alpha value is -3.55. The molecule has 1 fully saturated rings. The first-order chi connectivity index (χ1) is 14.9. The fraction of sp³-hybridized carbons (Fsp3) is 0.348. The summed E-state index contributed by atoms with van der Waals surface area (Å²) < 4.78 is 11.1. The quantitative estimate of drug-likeness (QED) is 0.382. The summed E-state index contributed by atoms with van der Waals surface area (Å²) in [5, 5.41) is 10.8. The Morgan fingerprint density at radius 1 is 1.06 bits per heavy atom. The minimum atomic E-state index is -0.410. The zero-order valence-electron chi connectivity index (χ0n) is 18.0. The highest BCUT2D eigenvalue weighted by Gasteiger charge is 2.20. The number of nitro groups is 1. The van der Waals surface area contributed by atoms with Crippen molar-refractivity contribution in [1.82, 2.24) is 4.90 Å². The maximum atomic E-state index is 12.6. The number of non-ortho nitro benzene ring substituents is 1. The van der Waals surface area contributed by atoms with Crippen LogP contribution in [0.15, 0.2) is 48.5 Å². The second-order valence-electron chi connectivity index (χ2n) is 7.50. The van der Waals surface area contributed by atoms with Gasteiger partial charge in [-0.25, -0.2) is 0 Å². The zero-order chi connectivity index (χ0) is 22.4. The third-order valence-corrected chi connectivity index (χ3v) is 4.99. The minimum absolute atomic E-state index is 0.0431. The third-order valence-electron chi connectivity index (χ3n) is 4.99. The number of ether oxygens (including phenoxy) is 2. The van der Waals surface area contributed by atoms with E-state index in [2.05, 4.69) is 4.90 Å². The van der Waals surface area contributed by atoms with E-state index in [0.29, 0.717) is 37.7 Å². The molecule has 1 amide bonds. The Morgan fingerprint density at radius 3 is 2.32 bits per heavy atom. The zero-order valence-corrected chi connectivity index (χ0v) is 18.0. The number of hydrogen-bond donors (Lipinski definition) is 0. The standard InChI is InChI=1S/C23H27N3O5/c1-17(2)31-21-10-4-18(16-22(21)30-3)5-11-23(27)25-14-12-24(13-15-25)19-6-8-20(9-7-19)26(28)29/h4-11,16-17H,12-15H2,1-3H3/b11-5+. The Kier molecular flexibility index (Phi) is 7.12. The molecule has 1 aliphatic heterocycles. The molecule has 1 aliphatic rings. The molecule has 0 saturated carbocycles. The van der Waals surface area contributed by atoms with Crippen molar-refractivity contribution in [1.29, 1.82) is 0 Å². The Bertz CT molecular complexity index is 948. The van der Waals surface area contributed by atoms with Crippen molar-refractivity contribution in [3.63, 3.8) is 0 Å². The van der Waals surface area contributed by atoms with E-state index in [1.165, 1.54) is 12.1 Å². The van der Waals surface area contributed by atoms with Gasteiger partial charge in [-0.1, -0.05) is 6.07 Å². The Morgan fingerprint density at radius 2 is 1.74 bits per heavy atom. The van der Waals surface area contributed by atoms with Crippen LogP contribution in [0.5, 0.6) is 11.5 Å². The van der Waals surface area contributed by atoms with Crippen LogP contribution in [-0.4, -0.2) is 55.1 Å². The predicted octanol–water partition coefficient (Wildman–Crippen LogP) is 3.75. The molecular formula is C23H27N3O5. The summed E-state index contributed by atoms with van der Waals surface area (Å²) >= 11 is 0. The highest BCUT2D eigenvalue weighted by Crippen LogP contribution is 2.29. The highest BCUT2D eigenvalue weighted by atomic mass is 16.6. The van der Waals surface area contributed by atoms with E-state index in [-0.39, 0.29) is 17.7 Å². The van der Waals surface area contributed by atoms with Gasteiger partial charge in [-0.3, -0.25) is 14.9 Å². The van der Waals surface area contributed by atoms with E-state index in [4.69, 9.17) is 9.47 Å². The number of methoxy groups -OCH3 is 1. The lowest BCUT2D eigenvalue weighted by atomic mass is 10.1. The van der Waals surface area contributed by atoms with Crippen LogP contribution in [0.25, 0.3) is 6.08 Å². The maximum absolute atomic E-state index is 12.6. The van der Waals surface area contributed by atoms with E-state index < -0.39 is 4.92 Å². The van der Waals surface area contributed by atoms with Gasteiger partial charge in [0.2, 0.25) is 5.91 Å². The van der Waals surface area contributed by atoms with Crippen LogP contribution < -0.4 is 14.4 Å². The van der Waals surface area contributed by atoms with E-state index in [1.807, 2.05) is 32.0 Å². The summed E-state index contributed by atoms with van der Waals surface area (Å²) in [5.41, 5.74) is 1.85. The summed E-state index contributed by atoms with van der Waals surface area (Å²) in [6.07, 6.45) is 3.38. The number of carbonyl (C=O) groups excluding carboxylic acids is 1. The molecule has 0 unspecified atom stereocenters. The van der Waals surface area contributed by atoms with Crippen LogP contribution in [0.1, 0.15) is 19.4 Å². The average molecular weight is 425 g/mol. The first-order valence-corrected chi connectivity index (χ1v) is 10.2. The number of hydrogen-bond acceptors (Lipinski definition) is 6. The molecule has 0 spiro atoms. The average Bonchev–Trinajstić information content (AvgIpc) is 2.78. The minimum Gasteiger partial charge on any atom is -0.493 e. The number of nitrogens with zero attached hydrogens (tertiary/aromatic N) is 3. The fourth-order valence-electron chi connectivity index (χ4n) is 3.38. The number of rotatable bonds is 7. The van der Waals surface area contributed by atoms with Crippen molar-refractivity contribution in [3.8, 4) is 11.5 Å². The summed E-state index contributed by atoms with van der Waals surface area (Å²) in [5.74, 6) is 1.24. The van der Waals surface area contributed by atoms with Crippen LogP contribution >= 0.6 is 0 Å². The number of nitro benzene ring substituents is 1. The smallest absolute Gasteiger partial charge is 0.269 e. The second-order valence-corrected chi connectivity index (χ2v) is 7.50. The lowest BCUT2D eigenvalue weighted by Gasteiger charge is -2.35. The van der Waals surface area contributed by atoms with Crippen LogP contribution in [-0.2, 0) is 4.79 Å². The predicted molar refractivity (Wildman–Crippen MR) is 120 cm³/mol. The first-order valence-electron chi connectivity index (χ1n) is 10.2. The molecule has 0 aliphatic carbocycles. The number of piperazine rings is 1. The van der Waals surface area contributed by atoms with Gasteiger partial charge in [0.15, 0.2) is 11.5 Å². The molecule has 2 aromatic carbocycles. The summed E-state index contributed by atoms with van der Waals surface area (Å²) in [7, 11) is 1.59. The molecule has 3 rings (SSSR count). The SMILES string of the molecule is COc1cc(/C=C/C(=O)N2CCN(c3ccc([N+](=O)[O-])cc3)CC2)ccc1OC(C)C. The third kappa shape index (κ3) is 5.75.